The standard InChI is InChI=1S/C41H52BrClNO4P/c42-31-33-47-49(43,45)48-35-40(34-46-32-21-7-5-3-1-2-4-6-12-22-36-23-13-8-14-24-36)44-41(37-25-15-9-16-26-37,38-27-17-10-18-28-38)39-29-19-11-20-30-39/h8-11,13-20,23-30,40,44H,1-7,12,21-22,31-35H2/t40-,49?/m1/s1. The van der Waals surface area contributed by atoms with Gasteiger partial charge in [-0.3, -0.25) is 14.4 Å². The van der Waals surface area contributed by atoms with Crippen molar-refractivity contribution in [1.29, 1.82) is 0 Å². The van der Waals surface area contributed by atoms with Crippen LogP contribution in [0.4, 0.5) is 0 Å². The second-order valence-electron chi connectivity index (χ2n) is 12.4. The van der Waals surface area contributed by atoms with E-state index in [0.29, 0.717) is 18.5 Å². The van der Waals surface area contributed by atoms with Crippen molar-refractivity contribution in [3.63, 3.8) is 0 Å². The highest BCUT2D eigenvalue weighted by molar-refractivity contribution is 9.09. The number of benzene rings is 4. The van der Waals surface area contributed by atoms with E-state index in [0.717, 1.165) is 29.5 Å². The zero-order valence-electron chi connectivity index (χ0n) is 28.6. The topological polar surface area (TPSA) is 56.8 Å². The number of unbranched alkanes of at least 4 members (excludes halogenated alkanes) is 8. The number of hydrogen-bond acceptors (Lipinski definition) is 5. The van der Waals surface area contributed by atoms with Crippen molar-refractivity contribution >= 4 is 34.1 Å². The molecule has 0 aliphatic rings. The molecule has 0 radical (unpaired) electrons. The minimum Gasteiger partial charge on any atom is -0.380 e. The molecule has 264 valence electrons. The van der Waals surface area contributed by atoms with Crippen LogP contribution >= 0.6 is 34.1 Å². The van der Waals surface area contributed by atoms with Gasteiger partial charge in [0.25, 0.3) is 0 Å². The third-order valence-corrected chi connectivity index (χ3v) is 10.6. The average molecular weight is 769 g/mol. The van der Waals surface area contributed by atoms with Crippen LogP contribution in [0.15, 0.2) is 121 Å². The molecule has 0 saturated heterocycles. The van der Waals surface area contributed by atoms with Gasteiger partial charge >= 0.3 is 6.95 Å². The molecule has 0 aromatic heterocycles. The predicted octanol–water partition coefficient (Wildman–Crippen LogP) is 11.5. The number of rotatable bonds is 25. The minimum absolute atomic E-state index is 0.0443. The highest BCUT2D eigenvalue weighted by atomic mass is 79.9. The Morgan fingerprint density at radius 3 is 1.53 bits per heavy atom. The van der Waals surface area contributed by atoms with Crippen molar-refractivity contribution in [2.45, 2.75) is 75.8 Å². The Labute approximate surface area is 307 Å². The highest BCUT2D eigenvalue weighted by Gasteiger charge is 2.39. The molecule has 0 amide bonds. The molecule has 2 atom stereocenters. The largest absolute Gasteiger partial charge is 0.424 e. The van der Waals surface area contributed by atoms with Gasteiger partial charge in [0.2, 0.25) is 0 Å². The van der Waals surface area contributed by atoms with E-state index in [1.165, 1.54) is 56.9 Å². The van der Waals surface area contributed by atoms with Crippen LogP contribution in [0.25, 0.3) is 0 Å². The number of aryl methyl sites for hydroxylation is 1. The van der Waals surface area contributed by atoms with E-state index in [1.807, 2.05) is 54.6 Å². The Kier molecular flexibility index (Phi) is 18.2. The lowest BCUT2D eigenvalue weighted by Crippen LogP contribution is -2.53. The number of alkyl halides is 1. The first kappa shape index (κ1) is 39.5. The van der Waals surface area contributed by atoms with Gasteiger partial charge in [0.05, 0.1) is 31.4 Å². The second kappa shape index (κ2) is 22.5. The van der Waals surface area contributed by atoms with Crippen molar-refractivity contribution in [3.05, 3.63) is 144 Å². The SMILES string of the molecule is O=P(Cl)(OCCBr)OC[C@@H](COCCCCCCCCCCCc1ccccc1)NC(c1ccccc1)(c1ccccc1)c1ccccc1. The molecule has 1 N–H and O–H groups in total. The van der Waals surface area contributed by atoms with E-state index in [1.54, 1.807) is 0 Å². The number of hydrogen-bond donors (Lipinski definition) is 1. The molecule has 0 heterocycles. The van der Waals surface area contributed by atoms with Crippen LogP contribution < -0.4 is 5.32 Å². The summed E-state index contributed by atoms with van der Waals surface area (Å²) in [7, 11) is 0. The maximum absolute atomic E-state index is 12.9. The summed E-state index contributed by atoms with van der Waals surface area (Å²) in [5, 5.41) is 4.41. The van der Waals surface area contributed by atoms with Gasteiger partial charge in [-0.1, -0.05) is 182 Å². The van der Waals surface area contributed by atoms with Crippen LogP contribution in [0.5, 0.6) is 0 Å². The van der Waals surface area contributed by atoms with Crippen LogP contribution in [0.1, 0.15) is 80.0 Å². The Morgan fingerprint density at radius 2 is 1.04 bits per heavy atom. The third-order valence-electron chi connectivity index (χ3n) is 8.71. The lowest BCUT2D eigenvalue weighted by Gasteiger charge is -2.40. The molecule has 4 aromatic carbocycles. The van der Waals surface area contributed by atoms with Crippen LogP contribution in [0.2, 0.25) is 0 Å². The molecule has 0 bridgehead atoms. The summed E-state index contributed by atoms with van der Waals surface area (Å²) in [5.41, 5.74) is 3.91. The zero-order chi connectivity index (χ0) is 34.5. The number of halogens is 2. The van der Waals surface area contributed by atoms with Gasteiger partial charge in [0, 0.05) is 23.2 Å². The molecular formula is C41H52BrClNO4P. The Morgan fingerprint density at radius 1 is 0.592 bits per heavy atom. The summed E-state index contributed by atoms with van der Waals surface area (Å²) in [6, 6.07) is 41.5. The highest BCUT2D eigenvalue weighted by Crippen LogP contribution is 2.53. The maximum Gasteiger partial charge on any atom is 0.424 e. The molecule has 1 unspecified atom stereocenters. The van der Waals surface area contributed by atoms with Crippen LogP contribution in [-0.4, -0.2) is 37.8 Å². The summed E-state index contributed by atoms with van der Waals surface area (Å²) in [6.07, 6.45) is 12.3. The monoisotopic (exact) mass is 767 g/mol. The van der Waals surface area contributed by atoms with Crippen molar-refractivity contribution < 1.29 is 18.3 Å². The Balaban J connectivity index is 1.33. The molecule has 49 heavy (non-hydrogen) atoms. The average Bonchev–Trinajstić information content (AvgIpc) is 3.15. The molecule has 0 aliphatic heterocycles. The lowest BCUT2D eigenvalue weighted by molar-refractivity contribution is 0.0799. The van der Waals surface area contributed by atoms with Crippen molar-refractivity contribution in [1.82, 2.24) is 5.32 Å². The second-order valence-corrected chi connectivity index (χ2v) is 15.8. The fourth-order valence-electron chi connectivity index (χ4n) is 6.25. The Bertz CT molecular complexity index is 1370. The van der Waals surface area contributed by atoms with Gasteiger partial charge in [-0.2, -0.15) is 0 Å². The molecule has 0 spiro atoms. The summed E-state index contributed by atoms with van der Waals surface area (Å²) in [4.78, 5) is 0. The molecule has 0 saturated carbocycles. The first-order valence-electron chi connectivity index (χ1n) is 17.7. The van der Waals surface area contributed by atoms with Crippen molar-refractivity contribution in [2.75, 3.05) is 31.8 Å². The predicted molar refractivity (Wildman–Crippen MR) is 208 cm³/mol. The van der Waals surface area contributed by atoms with E-state index in [-0.39, 0.29) is 19.3 Å². The van der Waals surface area contributed by atoms with Gasteiger partial charge in [-0.15, -0.1) is 0 Å². The quantitative estimate of drug-likeness (QED) is 0.0315. The lowest BCUT2D eigenvalue weighted by atomic mass is 9.76. The fraction of sp³-hybridized carbons (Fsp3) is 0.415. The molecule has 5 nitrogen and oxygen atoms in total. The maximum atomic E-state index is 12.9. The van der Waals surface area contributed by atoms with Gasteiger partial charge in [0.1, 0.15) is 0 Å². The van der Waals surface area contributed by atoms with Crippen LogP contribution in [0.3, 0.4) is 0 Å². The summed E-state index contributed by atoms with van der Waals surface area (Å²) in [5.74, 6) is 0. The van der Waals surface area contributed by atoms with Crippen molar-refractivity contribution in [2.24, 2.45) is 0 Å². The van der Waals surface area contributed by atoms with Gasteiger partial charge < -0.3 is 4.74 Å². The van der Waals surface area contributed by atoms with Crippen LogP contribution in [0, 0.1) is 0 Å². The third kappa shape index (κ3) is 13.8. The normalized spacial score (nSPS) is 13.6. The van der Waals surface area contributed by atoms with Gasteiger partial charge in [-0.05, 0) is 41.5 Å². The molecular weight excluding hydrogens is 717 g/mol. The molecule has 0 fully saturated rings. The molecule has 4 rings (SSSR count). The van der Waals surface area contributed by atoms with E-state index >= 15 is 0 Å². The number of nitrogens with one attached hydrogen (secondary N) is 1. The summed E-state index contributed by atoms with van der Waals surface area (Å²) < 4.78 is 30.3. The van der Waals surface area contributed by atoms with E-state index < -0.39 is 12.5 Å². The van der Waals surface area contributed by atoms with E-state index in [9.17, 15) is 4.57 Å². The van der Waals surface area contributed by atoms with Crippen LogP contribution in [-0.2, 0) is 30.3 Å². The minimum atomic E-state index is -3.78. The smallest absolute Gasteiger partial charge is 0.380 e. The molecule has 8 heteroatoms. The van der Waals surface area contributed by atoms with E-state index in [2.05, 4.69) is 88.0 Å². The first-order chi connectivity index (χ1) is 24.0. The van der Waals surface area contributed by atoms with Crippen molar-refractivity contribution in [3.8, 4) is 0 Å². The summed E-state index contributed by atoms with van der Waals surface area (Å²) in [6.45, 7) is -2.55. The van der Waals surface area contributed by atoms with Gasteiger partial charge in [0.15, 0.2) is 0 Å². The molecule has 4 aromatic rings. The fourth-order valence-corrected chi connectivity index (χ4v) is 7.78. The zero-order valence-corrected chi connectivity index (χ0v) is 31.8. The van der Waals surface area contributed by atoms with Gasteiger partial charge in [-0.25, -0.2) is 4.57 Å². The number of ether oxygens (including phenoxy) is 1. The Hall–Kier alpha value is -2.28. The molecule has 0 aliphatic carbocycles. The van der Waals surface area contributed by atoms with E-state index in [4.69, 9.17) is 25.0 Å². The summed E-state index contributed by atoms with van der Waals surface area (Å²) >= 11 is 9.50. The first-order valence-corrected chi connectivity index (χ1v) is 21.3.